The molecule has 0 unspecified atom stereocenters. The molecule has 13 heteroatoms. The molecule has 0 radical (unpaired) electrons. The summed E-state index contributed by atoms with van der Waals surface area (Å²) in [4.78, 5) is 52.0. The maximum atomic E-state index is 7.42. The Morgan fingerprint density at radius 1 is 0.241 bits per heavy atom. The van der Waals surface area contributed by atoms with E-state index in [-0.39, 0.29) is 0 Å². The maximum Gasteiger partial charge on any atom is 0.167 e. The Bertz CT molecular complexity index is 5280. The molecular weight excluding hydrogens is 1070 g/mol. The van der Waals surface area contributed by atoms with E-state index in [9.17, 15) is 0 Å². The van der Waals surface area contributed by atoms with Crippen LogP contribution in [0.3, 0.4) is 0 Å². The molecule has 0 bridgehead atoms. The first kappa shape index (κ1) is 49.4. The largest absolute Gasteiger partial charge is 0.454 e. The minimum Gasteiger partial charge on any atom is -0.454 e. The van der Waals surface area contributed by atoms with Gasteiger partial charge in [-0.3, -0.25) is 0 Å². The third kappa shape index (κ3) is 8.24. The highest BCUT2D eigenvalue weighted by Gasteiger charge is 2.34. The molecule has 0 saturated heterocycles. The highest BCUT2D eigenvalue weighted by molar-refractivity contribution is 6.22. The molecular formula is C74H44N12O. The molecule has 0 N–H and O–H groups in total. The van der Waals surface area contributed by atoms with Crippen LogP contribution in [0.25, 0.3) is 168 Å². The molecule has 87 heavy (non-hydrogen) atoms. The van der Waals surface area contributed by atoms with Crippen LogP contribution in [0.5, 0.6) is 0 Å². The molecule has 17 aromatic rings. The van der Waals surface area contributed by atoms with E-state index in [0.717, 1.165) is 88.0 Å². The average Bonchev–Trinajstić information content (AvgIpc) is 1.62. The maximum absolute atomic E-state index is 7.42. The Labute approximate surface area is 496 Å². The van der Waals surface area contributed by atoms with Gasteiger partial charge < -0.3 is 13.6 Å². The van der Waals surface area contributed by atoms with Crippen molar-refractivity contribution < 1.29 is 4.42 Å². The van der Waals surface area contributed by atoms with Crippen LogP contribution >= 0.6 is 0 Å². The zero-order valence-electron chi connectivity index (χ0n) is 46.2. The third-order valence-corrected chi connectivity index (χ3v) is 16.0. The van der Waals surface area contributed by atoms with Gasteiger partial charge in [0.2, 0.25) is 0 Å². The van der Waals surface area contributed by atoms with Crippen LogP contribution in [-0.2, 0) is 0 Å². The van der Waals surface area contributed by atoms with E-state index in [0.29, 0.717) is 80.0 Å². The highest BCUT2D eigenvalue weighted by Crippen LogP contribution is 2.52. The van der Waals surface area contributed by atoms with Gasteiger partial charge in [-0.05, 0) is 30.3 Å². The lowest BCUT2D eigenvalue weighted by atomic mass is 9.94. The number of hydrogen-bond donors (Lipinski definition) is 0. The molecule has 0 saturated carbocycles. The van der Waals surface area contributed by atoms with Crippen molar-refractivity contribution in [3.63, 3.8) is 0 Å². The topological polar surface area (TPSA) is 152 Å². The van der Waals surface area contributed by atoms with Gasteiger partial charge in [0.05, 0.1) is 44.4 Å². The quantitative estimate of drug-likeness (QED) is 0.129. The summed E-state index contributed by atoms with van der Waals surface area (Å²) in [5.74, 6) is 3.73. The Morgan fingerprint density at radius 3 is 0.897 bits per heavy atom. The van der Waals surface area contributed by atoms with Crippen molar-refractivity contribution in [2.24, 2.45) is 0 Å². The fourth-order valence-corrected chi connectivity index (χ4v) is 12.1. The predicted molar refractivity (Wildman–Crippen MR) is 344 cm³/mol. The molecule has 0 fully saturated rings. The summed E-state index contributed by atoms with van der Waals surface area (Å²) in [5.41, 5.74) is 12.6. The van der Waals surface area contributed by atoms with Gasteiger partial charge in [0, 0.05) is 84.9 Å². The van der Waals surface area contributed by atoms with Crippen LogP contribution in [0.4, 0.5) is 0 Å². The predicted octanol–water partition coefficient (Wildman–Crippen LogP) is 17.1. The number of hydrogen-bond acceptors (Lipinski definition) is 11. The number of benzene rings is 10. The first-order chi connectivity index (χ1) is 43.2. The number of fused-ring (bicyclic) bond motifs is 9. The molecule has 0 spiro atoms. The SMILES string of the molecule is c1ccc(-c2nc(-c3ccccc3)nc(-c3cnc(-c4c(-n5c6ccccc6c6ccccc65)c(-n5c6ccccc6c6ccccc65)c5oc6ccccc6c5c4-c4ncc(-c5nc(-c6ccccc6)nc(-c6ccccc6)n5)cn4)nc3)n2)cc1. The van der Waals surface area contributed by atoms with Crippen LogP contribution < -0.4 is 0 Å². The Hall–Kier alpha value is -12.2. The molecule has 13 nitrogen and oxygen atoms in total. The number of rotatable bonds is 10. The lowest BCUT2D eigenvalue weighted by molar-refractivity contribution is 0.666. The second kappa shape index (κ2) is 20.3. The van der Waals surface area contributed by atoms with E-state index in [2.05, 4.69) is 112 Å². The van der Waals surface area contributed by atoms with Crippen LogP contribution in [0.1, 0.15) is 0 Å². The van der Waals surface area contributed by atoms with Crippen molar-refractivity contribution in [2.45, 2.75) is 0 Å². The molecule has 0 aliphatic carbocycles. The molecule has 7 aromatic heterocycles. The van der Waals surface area contributed by atoms with Gasteiger partial charge in [-0.2, -0.15) is 0 Å². The monoisotopic (exact) mass is 1120 g/mol. The Kier molecular flexibility index (Phi) is 11.5. The van der Waals surface area contributed by atoms with E-state index in [1.54, 1.807) is 24.8 Å². The molecule has 0 aliphatic heterocycles. The normalized spacial score (nSPS) is 11.7. The number of nitrogens with zero attached hydrogens (tertiary/aromatic N) is 12. The van der Waals surface area contributed by atoms with Crippen LogP contribution in [0.15, 0.2) is 272 Å². The zero-order chi connectivity index (χ0) is 57.4. The standard InChI is InChI=1S/C74H44N12O/c1-5-23-45(24-6-1)67-79-68(46-25-7-2-8-26-46)82-71(81-67)49-41-75-73(76-42-49)62-61-55-35-17-22-40-60(55)87-66(61)65(86-58-38-20-15-33-53(58)54-34-16-21-39-59(54)86)64(85-56-36-18-13-31-51(56)52-32-14-19-37-57(52)85)63(62)74-77-43-50(44-78-74)72-83-69(47-27-9-3-10-28-47)80-70(84-72)48-29-11-4-12-30-48/h1-44H. The summed E-state index contributed by atoms with van der Waals surface area (Å²) in [7, 11) is 0. The molecule has 7 heterocycles. The van der Waals surface area contributed by atoms with Crippen molar-refractivity contribution in [3.8, 4) is 102 Å². The van der Waals surface area contributed by atoms with Crippen LogP contribution in [-0.4, -0.2) is 59.0 Å². The van der Waals surface area contributed by atoms with E-state index in [4.69, 9.17) is 54.3 Å². The zero-order valence-corrected chi connectivity index (χ0v) is 46.2. The van der Waals surface area contributed by atoms with Gasteiger partial charge in [-0.25, -0.2) is 49.8 Å². The molecule has 0 aliphatic rings. The van der Waals surface area contributed by atoms with Gasteiger partial charge in [0.15, 0.2) is 52.2 Å². The van der Waals surface area contributed by atoms with Crippen molar-refractivity contribution >= 4 is 65.6 Å². The van der Waals surface area contributed by atoms with Gasteiger partial charge >= 0.3 is 0 Å². The fraction of sp³-hybridized carbons (Fsp3) is 0. The van der Waals surface area contributed by atoms with Crippen LogP contribution in [0.2, 0.25) is 0 Å². The van der Waals surface area contributed by atoms with E-state index < -0.39 is 0 Å². The first-order valence-electron chi connectivity index (χ1n) is 28.5. The summed E-state index contributed by atoms with van der Waals surface area (Å²) in [6.07, 6.45) is 7.19. The lowest BCUT2D eigenvalue weighted by Gasteiger charge is -2.23. The molecule has 406 valence electrons. The lowest BCUT2D eigenvalue weighted by Crippen LogP contribution is -2.10. The average molecular weight is 1120 g/mol. The minimum absolute atomic E-state index is 0.394. The molecule has 0 amide bonds. The van der Waals surface area contributed by atoms with Crippen molar-refractivity contribution in [2.75, 3.05) is 0 Å². The summed E-state index contributed by atoms with van der Waals surface area (Å²) in [6.45, 7) is 0. The van der Waals surface area contributed by atoms with Gasteiger partial charge in [-0.15, -0.1) is 0 Å². The molecule has 0 atom stereocenters. The van der Waals surface area contributed by atoms with E-state index in [1.165, 1.54) is 0 Å². The Morgan fingerprint density at radius 2 is 0.529 bits per heavy atom. The number of furan rings is 1. The van der Waals surface area contributed by atoms with Crippen LogP contribution in [0, 0.1) is 0 Å². The molecule has 10 aromatic carbocycles. The smallest absolute Gasteiger partial charge is 0.167 e. The fourth-order valence-electron chi connectivity index (χ4n) is 12.1. The summed E-state index contributed by atoms with van der Waals surface area (Å²) < 4.78 is 12.1. The van der Waals surface area contributed by atoms with E-state index >= 15 is 0 Å². The van der Waals surface area contributed by atoms with Crippen molar-refractivity contribution in [3.05, 3.63) is 267 Å². The summed E-state index contributed by atoms with van der Waals surface area (Å²) in [6, 6.07) is 82.0. The first-order valence-corrected chi connectivity index (χ1v) is 28.5. The molecule has 17 rings (SSSR count). The van der Waals surface area contributed by atoms with Crippen molar-refractivity contribution in [1.82, 2.24) is 59.0 Å². The highest BCUT2D eigenvalue weighted by atomic mass is 16.3. The number of aromatic nitrogens is 12. The number of para-hydroxylation sites is 5. The summed E-state index contributed by atoms with van der Waals surface area (Å²) >= 11 is 0. The van der Waals surface area contributed by atoms with Gasteiger partial charge in [-0.1, -0.05) is 212 Å². The third-order valence-electron chi connectivity index (χ3n) is 16.0. The Balaban J connectivity index is 0.993. The second-order valence-electron chi connectivity index (χ2n) is 21.2. The van der Waals surface area contributed by atoms with Gasteiger partial charge in [0.25, 0.3) is 0 Å². The summed E-state index contributed by atoms with van der Waals surface area (Å²) in [5, 5.41) is 5.93. The minimum atomic E-state index is 0.394. The second-order valence-corrected chi connectivity index (χ2v) is 21.2. The van der Waals surface area contributed by atoms with Crippen molar-refractivity contribution in [1.29, 1.82) is 0 Å². The van der Waals surface area contributed by atoms with Gasteiger partial charge in [0.1, 0.15) is 11.3 Å². The van der Waals surface area contributed by atoms with E-state index in [1.807, 2.05) is 140 Å².